The smallest absolute Gasteiger partial charge is 0.313 e. The van der Waals surface area contributed by atoms with Crippen molar-refractivity contribution in [2.75, 3.05) is 19.5 Å². The van der Waals surface area contributed by atoms with Crippen molar-refractivity contribution in [2.45, 2.75) is 26.8 Å². The van der Waals surface area contributed by atoms with E-state index in [9.17, 15) is 9.59 Å². The summed E-state index contributed by atoms with van der Waals surface area (Å²) in [6.07, 6.45) is 0. The van der Waals surface area contributed by atoms with Crippen molar-refractivity contribution in [3.05, 3.63) is 52.5 Å². The molecule has 2 aromatic carbocycles. The Kier molecular flexibility index (Phi) is 7.29. The highest BCUT2D eigenvalue weighted by molar-refractivity contribution is 6.40. The highest BCUT2D eigenvalue weighted by Gasteiger charge is 2.24. The third-order valence-corrected chi connectivity index (χ3v) is 4.72. The first-order valence-electron chi connectivity index (χ1n) is 8.87. The Hall–Kier alpha value is -2.73. The van der Waals surface area contributed by atoms with Crippen LogP contribution in [0.25, 0.3) is 0 Å². The van der Waals surface area contributed by atoms with Crippen LogP contribution in [0.5, 0.6) is 11.5 Å². The maximum absolute atomic E-state index is 12.5. The van der Waals surface area contributed by atoms with E-state index < -0.39 is 17.9 Å². The summed E-state index contributed by atoms with van der Waals surface area (Å²) in [6, 6.07) is 10.2. The second-order valence-electron chi connectivity index (χ2n) is 6.69. The van der Waals surface area contributed by atoms with Crippen LogP contribution in [0, 0.1) is 12.8 Å². The Labute approximate surface area is 170 Å². The number of amides is 2. The Bertz CT molecular complexity index is 867. The molecule has 0 aliphatic carbocycles. The van der Waals surface area contributed by atoms with Gasteiger partial charge in [0.1, 0.15) is 0 Å². The Morgan fingerprint density at radius 1 is 1.00 bits per heavy atom. The van der Waals surface area contributed by atoms with Gasteiger partial charge in [-0.2, -0.15) is 0 Å². The Morgan fingerprint density at radius 2 is 1.61 bits per heavy atom. The average Bonchev–Trinajstić information content (AvgIpc) is 2.67. The Balaban J connectivity index is 2.18. The summed E-state index contributed by atoms with van der Waals surface area (Å²) in [5.41, 5.74) is 1.98. The molecule has 2 rings (SSSR count). The number of nitrogens with one attached hydrogen (secondary N) is 2. The zero-order valence-electron chi connectivity index (χ0n) is 16.6. The second kappa shape index (κ2) is 9.46. The number of halogens is 1. The van der Waals surface area contributed by atoms with Crippen molar-refractivity contribution in [2.24, 2.45) is 5.92 Å². The lowest BCUT2D eigenvalue weighted by molar-refractivity contribution is -0.136. The van der Waals surface area contributed by atoms with Gasteiger partial charge in [0.2, 0.25) is 0 Å². The van der Waals surface area contributed by atoms with Crippen LogP contribution in [0.2, 0.25) is 5.02 Å². The number of benzene rings is 2. The van der Waals surface area contributed by atoms with Crippen LogP contribution in [0.3, 0.4) is 0 Å². The van der Waals surface area contributed by atoms with Gasteiger partial charge in [0, 0.05) is 16.8 Å². The number of hydrogen-bond donors (Lipinski definition) is 2. The van der Waals surface area contributed by atoms with E-state index in [2.05, 4.69) is 10.6 Å². The van der Waals surface area contributed by atoms with Gasteiger partial charge in [-0.15, -0.1) is 0 Å². The number of carbonyl (C=O) groups excluding carboxylic acids is 2. The van der Waals surface area contributed by atoms with Gasteiger partial charge in [-0.3, -0.25) is 9.59 Å². The quantitative estimate of drug-likeness (QED) is 0.710. The number of aryl methyl sites for hydroxylation is 1. The van der Waals surface area contributed by atoms with E-state index in [-0.39, 0.29) is 5.92 Å². The summed E-state index contributed by atoms with van der Waals surface area (Å²) >= 11 is 6.26. The summed E-state index contributed by atoms with van der Waals surface area (Å²) in [6.45, 7) is 5.70. The minimum atomic E-state index is -0.770. The normalized spacial score (nSPS) is 11.7. The second-order valence-corrected chi connectivity index (χ2v) is 7.10. The van der Waals surface area contributed by atoms with Gasteiger partial charge in [-0.25, -0.2) is 0 Å². The van der Waals surface area contributed by atoms with Crippen molar-refractivity contribution in [3.8, 4) is 11.5 Å². The molecule has 0 heterocycles. The standard InChI is InChI=1S/C21H25ClN2O4/c1-12(2)19(14-8-6-7-9-15(14)22)24-21(26)20(25)23-16-11-18(28-5)17(27-4)10-13(16)3/h6-12,19H,1-5H3,(H,23,25)(H,24,26). The van der Waals surface area contributed by atoms with Crippen LogP contribution in [-0.2, 0) is 9.59 Å². The lowest BCUT2D eigenvalue weighted by Gasteiger charge is -2.23. The molecule has 0 radical (unpaired) electrons. The first-order chi connectivity index (χ1) is 13.3. The van der Waals surface area contributed by atoms with E-state index in [0.717, 1.165) is 11.1 Å². The van der Waals surface area contributed by atoms with Crippen LogP contribution < -0.4 is 20.1 Å². The highest BCUT2D eigenvalue weighted by Crippen LogP contribution is 2.33. The Morgan fingerprint density at radius 3 is 2.18 bits per heavy atom. The number of methoxy groups -OCH3 is 2. The molecule has 0 aliphatic heterocycles. The number of ether oxygens (including phenoxy) is 2. The summed E-state index contributed by atoms with van der Waals surface area (Å²) in [5, 5.41) is 5.94. The van der Waals surface area contributed by atoms with E-state index in [0.29, 0.717) is 22.2 Å². The van der Waals surface area contributed by atoms with Gasteiger partial charge in [-0.1, -0.05) is 43.6 Å². The van der Waals surface area contributed by atoms with Gasteiger partial charge in [0.25, 0.3) is 0 Å². The monoisotopic (exact) mass is 404 g/mol. The van der Waals surface area contributed by atoms with E-state index >= 15 is 0 Å². The van der Waals surface area contributed by atoms with E-state index in [1.54, 1.807) is 25.1 Å². The van der Waals surface area contributed by atoms with Crippen LogP contribution in [0.1, 0.15) is 31.0 Å². The molecule has 0 fully saturated rings. The maximum atomic E-state index is 12.5. The van der Waals surface area contributed by atoms with Crippen molar-refractivity contribution >= 4 is 29.1 Å². The van der Waals surface area contributed by atoms with Gasteiger partial charge in [0.05, 0.1) is 20.3 Å². The van der Waals surface area contributed by atoms with Crippen LogP contribution in [-0.4, -0.2) is 26.0 Å². The predicted octanol–water partition coefficient (Wildman–Crippen LogP) is 4.12. The fourth-order valence-corrected chi connectivity index (χ4v) is 3.09. The molecule has 7 heteroatoms. The molecule has 0 spiro atoms. The summed E-state index contributed by atoms with van der Waals surface area (Å²) < 4.78 is 10.5. The molecule has 2 aromatic rings. The lowest BCUT2D eigenvalue weighted by atomic mass is 9.96. The van der Waals surface area contributed by atoms with Crippen molar-refractivity contribution in [3.63, 3.8) is 0 Å². The van der Waals surface area contributed by atoms with Gasteiger partial charge in [-0.05, 0) is 36.1 Å². The van der Waals surface area contributed by atoms with Gasteiger partial charge >= 0.3 is 11.8 Å². The van der Waals surface area contributed by atoms with Crippen molar-refractivity contribution in [1.29, 1.82) is 0 Å². The first kappa shape index (κ1) is 21.6. The molecule has 28 heavy (non-hydrogen) atoms. The fourth-order valence-electron chi connectivity index (χ4n) is 2.83. The van der Waals surface area contributed by atoms with Crippen LogP contribution in [0.15, 0.2) is 36.4 Å². The minimum Gasteiger partial charge on any atom is -0.493 e. The number of hydrogen-bond acceptors (Lipinski definition) is 4. The first-order valence-corrected chi connectivity index (χ1v) is 9.25. The number of carbonyl (C=O) groups is 2. The van der Waals surface area contributed by atoms with Crippen LogP contribution >= 0.6 is 11.6 Å². The SMILES string of the molecule is COc1cc(C)c(NC(=O)C(=O)NC(c2ccccc2Cl)C(C)C)cc1OC. The van der Waals surface area contributed by atoms with Gasteiger partial charge < -0.3 is 20.1 Å². The molecule has 2 N–H and O–H groups in total. The van der Waals surface area contributed by atoms with E-state index in [1.165, 1.54) is 14.2 Å². The average molecular weight is 405 g/mol. The molecule has 1 unspecified atom stereocenters. The maximum Gasteiger partial charge on any atom is 0.313 e. The van der Waals surface area contributed by atoms with E-state index in [1.807, 2.05) is 32.0 Å². The zero-order valence-corrected chi connectivity index (χ0v) is 17.4. The topological polar surface area (TPSA) is 76.7 Å². The van der Waals surface area contributed by atoms with Crippen molar-refractivity contribution < 1.29 is 19.1 Å². The molecule has 0 saturated heterocycles. The molecule has 0 aromatic heterocycles. The predicted molar refractivity (Wildman–Crippen MR) is 110 cm³/mol. The molecular formula is C21H25ClN2O4. The molecule has 1 atom stereocenters. The molecule has 0 bridgehead atoms. The lowest BCUT2D eigenvalue weighted by Crippen LogP contribution is -2.39. The fraction of sp³-hybridized carbons (Fsp3) is 0.333. The molecule has 6 nitrogen and oxygen atoms in total. The summed E-state index contributed by atoms with van der Waals surface area (Å²) in [5.74, 6) is -0.471. The van der Waals surface area contributed by atoms with Crippen molar-refractivity contribution in [1.82, 2.24) is 5.32 Å². The zero-order chi connectivity index (χ0) is 20.8. The molecule has 0 aliphatic rings. The number of anilines is 1. The largest absolute Gasteiger partial charge is 0.493 e. The molecule has 150 valence electrons. The minimum absolute atomic E-state index is 0.0412. The van der Waals surface area contributed by atoms with E-state index in [4.69, 9.17) is 21.1 Å². The van der Waals surface area contributed by atoms with Crippen LogP contribution in [0.4, 0.5) is 5.69 Å². The third-order valence-electron chi connectivity index (χ3n) is 4.38. The highest BCUT2D eigenvalue weighted by atomic mass is 35.5. The third kappa shape index (κ3) is 4.95. The molecular weight excluding hydrogens is 380 g/mol. The number of rotatable bonds is 6. The molecule has 2 amide bonds. The molecule has 0 saturated carbocycles. The summed E-state index contributed by atoms with van der Waals surface area (Å²) in [4.78, 5) is 25.0. The van der Waals surface area contributed by atoms with Gasteiger partial charge in [0.15, 0.2) is 11.5 Å². The summed E-state index contributed by atoms with van der Waals surface area (Å²) in [7, 11) is 3.03.